The molecule has 0 saturated carbocycles. The van der Waals surface area contributed by atoms with Crippen molar-refractivity contribution in [1.82, 2.24) is 24.8 Å². The molecule has 0 aromatic carbocycles. The Bertz CT molecular complexity index is 774. The first kappa shape index (κ1) is 15.8. The van der Waals surface area contributed by atoms with E-state index in [0.29, 0.717) is 11.3 Å². The van der Waals surface area contributed by atoms with Gasteiger partial charge in [0, 0.05) is 49.3 Å². The van der Waals surface area contributed by atoms with Gasteiger partial charge < -0.3 is 14.8 Å². The maximum Gasteiger partial charge on any atom is 0.274 e. The van der Waals surface area contributed by atoms with Crippen molar-refractivity contribution in [2.24, 2.45) is 7.05 Å². The normalized spacial score (nSPS) is 25.0. The van der Waals surface area contributed by atoms with Crippen molar-refractivity contribution < 1.29 is 9.59 Å². The van der Waals surface area contributed by atoms with Crippen LogP contribution in [0.25, 0.3) is 0 Å². The fourth-order valence-electron chi connectivity index (χ4n) is 4.05. The molecular formula is C18H21N5O2. The zero-order valence-electron chi connectivity index (χ0n) is 14.1. The molecule has 0 radical (unpaired) electrons. The van der Waals surface area contributed by atoms with Crippen LogP contribution >= 0.6 is 0 Å². The van der Waals surface area contributed by atoms with Crippen LogP contribution < -0.4 is 5.32 Å². The van der Waals surface area contributed by atoms with Gasteiger partial charge in [-0.25, -0.2) is 4.98 Å². The maximum atomic E-state index is 12.8. The van der Waals surface area contributed by atoms with Gasteiger partial charge in [-0.1, -0.05) is 0 Å². The van der Waals surface area contributed by atoms with Gasteiger partial charge in [-0.2, -0.15) is 0 Å². The van der Waals surface area contributed by atoms with Gasteiger partial charge in [-0.3, -0.25) is 14.6 Å². The first-order valence-corrected chi connectivity index (χ1v) is 8.63. The molecule has 0 spiro atoms. The molecule has 130 valence electrons. The lowest BCUT2D eigenvalue weighted by molar-refractivity contribution is 0.0544. The van der Waals surface area contributed by atoms with Crippen LogP contribution in [0.4, 0.5) is 0 Å². The van der Waals surface area contributed by atoms with E-state index < -0.39 is 0 Å². The lowest BCUT2D eigenvalue weighted by Gasteiger charge is -2.38. The molecule has 0 aliphatic carbocycles. The van der Waals surface area contributed by atoms with E-state index in [1.807, 2.05) is 11.9 Å². The van der Waals surface area contributed by atoms with Crippen LogP contribution in [0.1, 0.15) is 46.5 Å². The van der Waals surface area contributed by atoms with Crippen LogP contribution in [0.3, 0.4) is 0 Å². The van der Waals surface area contributed by atoms with Crippen LogP contribution in [0.2, 0.25) is 0 Å². The molecule has 2 saturated heterocycles. The topological polar surface area (TPSA) is 80.1 Å². The summed E-state index contributed by atoms with van der Waals surface area (Å²) in [7, 11) is 1.86. The van der Waals surface area contributed by atoms with E-state index in [-0.39, 0.29) is 29.9 Å². The van der Waals surface area contributed by atoms with Crippen LogP contribution in [-0.2, 0) is 7.05 Å². The average molecular weight is 339 g/mol. The SMILES string of the molecule is Cn1cnc(C(=O)N2[C@@H]3CC[C@H]2CC(NC(=O)c2ccncc2)C3)c1. The summed E-state index contributed by atoms with van der Waals surface area (Å²) in [6.45, 7) is 0. The molecule has 7 nitrogen and oxygen atoms in total. The fraction of sp³-hybridized carbons (Fsp3) is 0.444. The monoisotopic (exact) mass is 339 g/mol. The largest absolute Gasteiger partial charge is 0.349 e. The minimum atomic E-state index is -0.0729. The van der Waals surface area contributed by atoms with Crippen molar-refractivity contribution in [2.75, 3.05) is 0 Å². The second-order valence-electron chi connectivity index (χ2n) is 6.90. The predicted molar refractivity (Wildman–Crippen MR) is 90.9 cm³/mol. The minimum Gasteiger partial charge on any atom is -0.349 e. The number of fused-ring (bicyclic) bond motifs is 2. The van der Waals surface area contributed by atoms with Gasteiger partial charge >= 0.3 is 0 Å². The number of imidazole rings is 1. The number of piperidine rings is 1. The smallest absolute Gasteiger partial charge is 0.274 e. The first-order valence-electron chi connectivity index (χ1n) is 8.63. The van der Waals surface area contributed by atoms with Crippen molar-refractivity contribution in [2.45, 2.75) is 43.8 Å². The molecule has 2 aromatic heterocycles. The third kappa shape index (κ3) is 3.01. The molecule has 2 bridgehead atoms. The average Bonchev–Trinajstić information content (AvgIpc) is 3.16. The van der Waals surface area contributed by atoms with Crippen molar-refractivity contribution in [1.29, 1.82) is 0 Å². The number of aryl methyl sites for hydroxylation is 1. The van der Waals surface area contributed by atoms with Gasteiger partial charge in [0.05, 0.1) is 6.33 Å². The van der Waals surface area contributed by atoms with E-state index in [4.69, 9.17) is 0 Å². The van der Waals surface area contributed by atoms with E-state index in [1.54, 1.807) is 41.6 Å². The number of carbonyl (C=O) groups is 2. The third-order valence-electron chi connectivity index (χ3n) is 5.17. The molecule has 3 atom stereocenters. The Balaban J connectivity index is 1.43. The number of hydrogen-bond donors (Lipinski definition) is 1. The molecule has 1 unspecified atom stereocenters. The molecule has 4 heterocycles. The minimum absolute atomic E-state index is 0.00649. The summed E-state index contributed by atoms with van der Waals surface area (Å²) in [6, 6.07) is 3.88. The maximum absolute atomic E-state index is 12.8. The lowest BCUT2D eigenvalue weighted by Crippen LogP contribution is -2.52. The van der Waals surface area contributed by atoms with Crippen LogP contribution in [0.15, 0.2) is 37.1 Å². The van der Waals surface area contributed by atoms with Crippen LogP contribution in [0, 0.1) is 0 Å². The Labute approximate surface area is 146 Å². The molecular weight excluding hydrogens is 318 g/mol. The Hall–Kier alpha value is -2.70. The summed E-state index contributed by atoms with van der Waals surface area (Å²) in [5.41, 5.74) is 1.12. The Kier molecular flexibility index (Phi) is 3.99. The van der Waals surface area contributed by atoms with Gasteiger partial charge in [0.15, 0.2) is 0 Å². The predicted octanol–water partition coefficient (Wildman–Crippen LogP) is 1.38. The molecule has 1 N–H and O–H groups in total. The van der Waals surface area contributed by atoms with E-state index in [2.05, 4.69) is 15.3 Å². The summed E-state index contributed by atoms with van der Waals surface area (Å²) >= 11 is 0. The first-order chi connectivity index (χ1) is 12.1. The van der Waals surface area contributed by atoms with Crippen LogP contribution in [0.5, 0.6) is 0 Å². The highest BCUT2D eigenvalue weighted by molar-refractivity contribution is 5.94. The highest BCUT2D eigenvalue weighted by atomic mass is 16.2. The fourth-order valence-corrected chi connectivity index (χ4v) is 4.05. The van der Waals surface area contributed by atoms with Gasteiger partial charge in [-0.15, -0.1) is 0 Å². The number of nitrogens with one attached hydrogen (secondary N) is 1. The van der Waals surface area contributed by atoms with Crippen molar-refractivity contribution in [3.8, 4) is 0 Å². The molecule has 25 heavy (non-hydrogen) atoms. The summed E-state index contributed by atoms with van der Waals surface area (Å²) in [5, 5.41) is 3.11. The Morgan fingerprint density at radius 3 is 2.44 bits per heavy atom. The highest BCUT2D eigenvalue weighted by Crippen LogP contribution is 2.36. The zero-order chi connectivity index (χ0) is 17.4. The molecule has 2 aromatic rings. The molecule has 4 rings (SSSR count). The molecule has 2 amide bonds. The van der Waals surface area contributed by atoms with Crippen molar-refractivity contribution in [3.05, 3.63) is 48.3 Å². The van der Waals surface area contributed by atoms with Gasteiger partial charge in [0.1, 0.15) is 5.69 Å². The molecule has 2 aliphatic heterocycles. The van der Waals surface area contributed by atoms with E-state index >= 15 is 0 Å². The van der Waals surface area contributed by atoms with Gasteiger partial charge in [0.2, 0.25) is 0 Å². The second-order valence-corrected chi connectivity index (χ2v) is 6.90. The third-order valence-corrected chi connectivity index (χ3v) is 5.17. The van der Waals surface area contributed by atoms with E-state index in [1.165, 1.54) is 0 Å². The highest BCUT2D eigenvalue weighted by Gasteiger charge is 2.44. The lowest BCUT2D eigenvalue weighted by atomic mass is 9.96. The number of rotatable bonds is 3. The van der Waals surface area contributed by atoms with Crippen molar-refractivity contribution in [3.63, 3.8) is 0 Å². The molecule has 7 heteroatoms. The summed E-state index contributed by atoms with van der Waals surface area (Å²) in [5.74, 6) is -0.0664. The number of pyridine rings is 1. The van der Waals surface area contributed by atoms with E-state index in [0.717, 1.165) is 25.7 Å². The Morgan fingerprint density at radius 2 is 1.84 bits per heavy atom. The molecule has 2 aliphatic rings. The zero-order valence-corrected chi connectivity index (χ0v) is 14.1. The number of aromatic nitrogens is 3. The Morgan fingerprint density at radius 1 is 1.16 bits per heavy atom. The second kappa shape index (κ2) is 6.31. The van der Waals surface area contributed by atoms with Gasteiger partial charge in [0.25, 0.3) is 11.8 Å². The quantitative estimate of drug-likeness (QED) is 0.916. The summed E-state index contributed by atoms with van der Waals surface area (Å²) < 4.78 is 1.79. The van der Waals surface area contributed by atoms with Gasteiger partial charge in [-0.05, 0) is 37.8 Å². The number of nitrogens with zero attached hydrogens (tertiary/aromatic N) is 4. The number of carbonyl (C=O) groups excluding carboxylic acids is 2. The summed E-state index contributed by atoms with van der Waals surface area (Å²) in [4.78, 5) is 35.2. The number of hydrogen-bond acceptors (Lipinski definition) is 4. The van der Waals surface area contributed by atoms with Crippen LogP contribution in [-0.4, -0.2) is 49.4 Å². The number of amides is 2. The van der Waals surface area contributed by atoms with Crippen molar-refractivity contribution >= 4 is 11.8 Å². The summed E-state index contributed by atoms with van der Waals surface area (Å²) in [6.07, 6.45) is 10.2. The van der Waals surface area contributed by atoms with E-state index in [9.17, 15) is 9.59 Å². The molecule has 2 fully saturated rings. The standard InChI is InChI=1S/C18H21N5O2/c1-22-10-16(20-11-22)18(25)23-14-2-3-15(23)9-13(8-14)21-17(24)12-4-6-19-7-5-12/h4-7,10-11,13-15H,2-3,8-9H2,1H3,(H,21,24)/t13?,14-,15+.